The molecule has 0 saturated heterocycles. The number of nitrogens with one attached hydrogen (secondary N) is 1. The van der Waals surface area contributed by atoms with E-state index in [4.69, 9.17) is 4.74 Å². The summed E-state index contributed by atoms with van der Waals surface area (Å²) in [4.78, 5) is 16.2. The van der Waals surface area contributed by atoms with Gasteiger partial charge in [0.1, 0.15) is 6.20 Å². The van der Waals surface area contributed by atoms with Crippen LogP contribution < -0.4 is 4.68 Å². The van der Waals surface area contributed by atoms with Crippen molar-refractivity contribution < 1.29 is 27.4 Å². The highest BCUT2D eigenvalue weighted by atomic mass is 19.4. The summed E-state index contributed by atoms with van der Waals surface area (Å²) in [5, 5.41) is 4.62. The number of H-pyrrole nitrogens is 1. The van der Waals surface area contributed by atoms with Gasteiger partial charge >= 0.3 is 18.0 Å². The highest BCUT2D eigenvalue weighted by molar-refractivity contribution is 5.90. The minimum Gasteiger partial charge on any atom is -0.461 e. The third-order valence-electron chi connectivity index (χ3n) is 4.60. The lowest BCUT2D eigenvalue weighted by Gasteiger charge is -2.08. The van der Waals surface area contributed by atoms with E-state index >= 15 is 0 Å². The fourth-order valence-electron chi connectivity index (χ4n) is 3.25. The quantitative estimate of drug-likeness (QED) is 0.390. The average Bonchev–Trinajstić information content (AvgIpc) is 3.18. The van der Waals surface area contributed by atoms with Crippen LogP contribution in [-0.4, -0.2) is 22.7 Å². The number of carbonyl (C=O) groups is 1. The van der Waals surface area contributed by atoms with E-state index in [1.54, 1.807) is 13.0 Å². The first kappa shape index (κ1) is 19.6. The number of esters is 1. The SMILES string of the molecule is CCOC(=O)c1cc(-c2ccc3ccccc3c2)[n+](-c2ncccc2C(F)(F)F)[nH]1. The lowest BCUT2D eigenvalue weighted by Crippen LogP contribution is -2.39. The number of alkyl halides is 3. The van der Waals surface area contributed by atoms with Crippen molar-refractivity contribution in [1.82, 2.24) is 10.1 Å². The van der Waals surface area contributed by atoms with E-state index in [-0.39, 0.29) is 18.1 Å². The van der Waals surface area contributed by atoms with Crippen LogP contribution in [0.2, 0.25) is 0 Å². The Labute approximate surface area is 169 Å². The number of pyridine rings is 1. The van der Waals surface area contributed by atoms with E-state index < -0.39 is 17.7 Å². The van der Waals surface area contributed by atoms with Gasteiger partial charge in [-0.15, -0.1) is 4.68 Å². The Morgan fingerprint density at radius 3 is 2.57 bits per heavy atom. The first-order chi connectivity index (χ1) is 14.4. The average molecular weight is 412 g/mol. The third kappa shape index (κ3) is 3.63. The second kappa shape index (κ2) is 7.62. The van der Waals surface area contributed by atoms with Crippen LogP contribution in [-0.2, 0) is 10.9 Å². The van der Waals surface area contributed by atoms with Crippen LogP contribution in [0.3, 0.4) is 0 Å². The molecule has 0 atom stereocenters. The predicted octanol–water partition coefficient (Wildman–Crippen LogP) is 4.70. The largest absolute Gasteiger partial charge is 0.461 e. The molecule has 0 fully saturated rings. The lowest BCUT2D eigenvalue weighted by molar-refractivity contribution is -0.649. The van der Waals surface area contributed by atoms with Gasteiger partial charge in [-0.05, 0) is 46.9 Å². The molecule has 0 radical (unpaired) electrons. The smallest absolute Gasteiger partial charge is 0.424 e. The molecule has 0 aliphatic heterocycles. The molecule has 4 aromatic rings. The molecule has 30 heavy (non-hydrogen) atoms. The van der Waals surface area contributed by atoms with E-state index in [0.29, 0.717) is 11.3 Å². The topological polar surface area (TPSA) is 58.9 Å². The molecule has 0 amide bonds. The first-order valence-electron chi connectivity index (χ1n) is 9.22. The summed E-state index contributed by atoms with van der Waals surface area (Å²) >= 11 is 0. The van der Waals surface area contributed by atoms with Crippen molar-refractivity contribution in [2.24, 2.45) is 0 Å². The molecule has 0 unspecified atom stereocenters. The Kier molecular flexibility index (Phi) is 4.99. The second-order valence-corrected chi connectivity index (χ2v) is 6.55. The maximum Gasteiger partial charge on any atom is 0.424 e. The van der Waals surface area contributed by atoms with Gasteiger partial charge in [0, 0.05) is 11.6 Å². The molecule has 8 heteroatoms. The highest BCUT2D eigenvalue weighted by Crippen LogP contribution is 2.32. The zero-order chi connectivity index (χ0) is 21.3. The molecular formula is C22H17F3N3O2+. The van der Waals surface area contributed by atoms with Crippen LogP contribution in [0, 0.1) is 0 Å². The number of nitrogens with zero attached hydrogens (tertiary/aromatic N) is 2. The number of aromatic amines is 1. The van der Waals surface area contributed by atoms with Gasteiger partial charge in [0.05, 0.1) is 6.61 Å². The van der Waals surface area contributed by atoms with Crippen LogP contribution in [0.5, 0.6) is 0 Å². The molecule has 5 nitrogen and oxygen atoms in total. The number of halogens is 3. The summed E-state index contributed by atoms with van der Waals surface area (Å²) in [6.45, 7) is 1.79. The predicted molar refractivity (Wildman–Crippen MR) is 104 cm³/mol. The number of aromatic nitrogens is 3. The number of rotatable bonds is 4. The van der Waals surface area contributed by atoms with Crippen LogP contribution in [0.15, 0.2) is 66.9 Å². The maximum atomic E-state index is 13.6. The van der Waals surface area contributed by atoms with Gasteiger partial charge < -0.3 is 4.74 Å². The normalized spacial score (nSPS) is 11.6. The number of fused-ring (bicyclic) bond motifs is 1. The van der Waals surface area contributed by atoms with E-state index in [1.807, 2.05) is 36.4 Å². The van der Waals surface area contributed by atoms with Crippen molar-refractivity contribution in [2.45, 2.75) is 13.1 Å². The summed E-state index contributed by atoms with van der Waals surface area (Å²) in [6, 6.07) is 16.8. The van der Waals surface area contributed by atoms with Gasteiger partial charge in [-0.25, -0.2) is 9.89 Å². The Balaban J connectivity index is 1.95. The summed E-state index contributed by atoms with van der Waals surface area (Å²) in [7, 11) is 0. The standard InChI is InChI=1S/C22H16F3N3O2/c1-2-30-21(29)18-13-19(16-10-9-14-6-3-4-7-15(14)12-16)28(27-18)20-17(22(23,24)25)8-5-11-26-20/h3-13H,2H2,1H3/p+1. The van der Waals surface area contributed by atoms with Crippen molar-refractivity contribution in [2.75, 3.05) is 6.61 Å². The zero-order valence-corrected chi connectivity index (χ0v) is 15.9. The Hall–Kier alpha value is -3.68. The van der Waals surface area contributed by atoms with Crippen molar-refractivity contribution in [3.05, 3.63) is 78.1 Å². The summed E-state index contributed by atoms with van der Waals surface area (Å²) in [5.74, 6) is -1.02. The van der Waals surface area contributed by atoms with E-state index in [2.05, 4.69) is 10.1 Å². The fourth-order valence-corrected chi connectivity index (χ4v) is 3.25. The van der Waals surface area contributed by atoms with Gasteiger partial charge in [-0.2, -0.15) is 13.2 Å². The summed E-state index contributed by atoms with van der Waals surface area (Å²) in [6.07, 6.45) is -3.35. The van der Waals surface area contributed by atoms with E-state index in [1.165, 1.54) is 23.0 Å². The highest BCUT2D eigenvalue weighted by Gasteiger charge is 2.40. The van der Waals surface area contributed by atoms with Gasteiger partial charge in [-0.1, -0.05) is 30.3 Å². The molecule has 2 aromatic carbocycles. The molecule has 0 aliphatic carbocycles. The van der Waals surface area contributed by atoms with Crippen molar-refractivity contribution in [1.29, 1.82) is 0 Å². The first-order valence-corrected chi connectivity index (χ1v) is 9.22. The Morgan fingerprint density at radius 1 is 1.07 bits per heavy atom. The van der Waals surface area contributed by atoms with Crippen LogP contribution in [0.4, 0.5) is 13.2 Å². The van der Waals surface area contributed by atoms with E-state index in [9.17, 15) is 18.0 Å². The molecular weight excluding hydrogens is 395 g/mol. The second-order valence-electron chi connectivity index (χ2n) is 6.55. The fraction of sp³-hybridized carbons (Fsp3) is 0.136. The molecule has 0 bridgehead atoms. The minimum absolute atomic E-state index is 0.0267. The van der Waals surface area contributed by atoms with E-state index in [0.717, 1.165) is 16.8 Å². The molecule has 4 rings (SSSR count). The molecule has 2 heterocycles. The van der Waals surface area contributed by atoms with Gasteiger partial charge in [-0.3, -0.25) is 0 Å². The zero-order valence-electron chi connectivity index (χ0n) is 15.9. The van der Waals surface area contributed by atoms with Crippen molar-refractivity contribution >= 4 is 16.7 Å². The van der Waals surface area contributed by atoms with Gasteiger partial charge in [0.25, 0.3) is 0 Å². The molecule has 1 N–H and O–H groups in total. The van der Waals surface area contributed by atoms with Crippen molar-refractivity contribution in [3.63, 3.8) is 0 Å². The monoisotopic (exact) mass is 412 g/mol. The molecule has 0 aliphatic rings. The van der Waals surface area contributed by atoms with Crippen LogP contribution >= 0.6 is 0 Å². The minimum atomic E-state index is -4.62. The molecule has 2 aromatic heterocycles. The third-order valence-corrected chi connectivity index (χ3v) is 4.60. The molecule has 0 saturated carbocycles. The van der Waals surface area contributed by atoms with Gasteiger partial charge in [0.2, 0.25) is 0 Å². The number of hydrogen-bond acceptors (Lipinski definition) is 3. The molecule has 152 valence electrons. The van der Waals surface area contributed by atoms with Crippen LogP contribution in [0.25, 0.3) is 27.8 Å². The number of hydrogen-bond donors (Lipinski definition) is 1. The van der Waals surface area contributed by atoms with Crippen LogP contribution in [0.1, 0.15) is 23.0 Å². The Bertz CT molecular complexity index is 1230. The van der Waals surface area contributed by atoms with Crippen molar-refractivity contribution in [3.8, 4) is 17.1 Å². The maximum absolute atomic E-state index is 13.6. The van der Waals surface area contributed by atoms with Gasteiger partial charge in [0.15, 0.2) is 17.0 Å². The molecule has 0 spiro atoms. The lowest BCUT2D eigenvalue weighted by atomic mass is 10.0. The number of ether oxygens (including phenoxy) is 1. The summed E-state index contributed by atoms with van der Waals surface area (Å²) < 4.78 is 47.0. The summed E-state index contributed by atoms with van der Waals surface area (Å²) in [5.41, 5.74) is 0.0837. The Morgan fingerprint density at radius 2 is 1.83 bits per heavy atom. The number of carbonyl (C=O) groups excluding carboxylic acids is 1. The number of benzene rings is 2.